The molecule has 2 heterocycles. The molecule has 1 aromatic carbocycles. The fourth-order valence-corrected chi connectivity index (χ4v) is 4.05. The molecule has 2 atom stereocenters. The van der Waals surface area contributed by atoms with E-state index in [0.717, 1.165) is 30.8 Å². The van der Waals surface area contributed by atoms with Crippen LogP contribution >= 0.6 is 12.4 Å². The Hall–Kier alpha value is -1.79. The minimum Gasteiger partial charge on any atom is -0.481 e. The standard InChI is InChI=1S/C22H33N3O3.ClH/c1-16-4-6-20(17(2)14-16)28-18(3)22(27)25-12-10-24(11-13-25)21(26)7-5-19-8-9-23-15-19;/h4,6,14,18-19,23H,5,7-13,15H2,1-3H3;1H. The highest BCUT2D eigenvalue weighted by molar-refractivity contribution is 5.85. The van der Waals surface area contributed by atoms with Crippen LogP contribution in [0.25, 0.3) is 0 Å². The molecule has 2 amide bonds. The Bertz CT molecular complexity index is 699. The Kier molecular flexibility index (Phi) is 8.78. The first-order valence-corrected chi connectivity index (χ1v) is 10.4. The maximum absolute atomic E-state index is 12.7. The molecule has 29 heavy (non-hydrogen) atoms. The number of carbonyl (C=O) groups is 2. The molecule has 2 unspecified atom stereocenters. The molecule has 6 nitrogen and oxygen atoms in total. The van der Waals surface area contributed by atoms with E-state index in [1.54, 1.807) is 6.92 Å². The van der Waals surface area contributed by atoms with Gasteiger partial charge >= 0.3 is 0 Å². The van der Waals surface area contributed by atoms with Gasteiger partial charge in [-0.25, -0.2) is 0 Å². The highest BCUT2D eigenvalue weighted by atomic mass is 35.5. The van der Waals surface area contributed by atoms with Crippen molar-refractivity contribution in [3.63, 3.8) is 0 Å². The van der Waals surface area contributed by atoms with Crippen LogP contribution in [0.15, 0.2) is 18.2 Å². The number of nitrogens with zero attached hydrogens (tertiary/aromatic N) is 2. The third-order valence-corrected chi connectivity index (χ3v) is 5.85. The number of benzene rings is 1. The summed E-state index contributed by atoms with van der Waals surface area (Å²) in [7, 11) is 0. The Labute approximate surface area is 180 Å². The molecule has 2 aliphatic heterocycles. The molecule has 0 aliphatic carbocycles. The Morgan fingerprint density at radius 3 is 2.48 bits per heavy atom. The molecule has 3 rings (SSSR count). The lowest BCUT2D eigenvalue weighted by Crippen LogP contribution is -2.53. The second-order valence-corrected chi connectivity index (χ2v) is 8.13. The molecular weight excluding hydrogens is 390 g/mol. The van der Waals surface area contributed by atoms with E-state index >= 15 is 0 Å². The van der Waals surface area contributed by atoms with Crippen LogP contribution in [0.4, 0.5) is 0 Å². The molecule has 0 radical (unpaired) electrons. The number of aryl methyl sites for hydroxylation is 2. The van der Waals surface area contributed by atoms with Gasteiger partial charge in [0.05, 0.1) is 0 Å². The first-order valence-electron chi connectivity index (χ1n) is 10.4. The zero-order valence-electron chi connectivity index (χ0n) is 17.8. The zero-order valence-corrected chi connectivity index (χ0v) is 18.6. The van der Waals surface area contributed by atoms with Crippen molar-refractivity contribution in [2.45, 2.75) is 46.1 Å². The largest absolute Gasteiger partial charge is 0.481 e. The molecule has 2 fully saturated rings. The van der Waals surface area contributed by atoms with Crippen LogP contribution in [0.5, 0.6) is 5.75 Å². The van der Waals surface area contributed by atoms with E-state index in [1.807, 2.05) is 35.8 Å². The summed E-state index contributed by atoms with van der Waals surface area (Å²) in [5, 5.41) is 3.35. The average molecular weight is 424 g/mol. The number of halogens is 1. The molecular formula is C22H34ClN3O3. The van der Waals surface area contributed by atoms with Gasteiger partial charge in [-0.3, -0.25) is 9.59 Å². The van der Waals surface area contributed by atoms with E-state index in [0.29, 0.717) is 38.5 Å². The summed E-state index contributed by atoms with van der Waals surface area (Å²) < 4.78 is 5.91. The van der Waals surface area contributed by atoms with Crippen LogP contribution in [0.1, 0.15) is 37.3 Å². The van der Waals surface area contributed by atoms with E-state index in [9.17, 15) is 9.59 Å². The molecule has 162 valence electrons. The molecule has 2 aliphatic rings. The van der Waals surface area contributed by atoms with Crippen molar-refractivity contribution in [3.8, 4) is 5.75 Å². The normalized spacial score (nSPS) is 20.2. The van der Waals surface area contributed by atoms with Gasteiger partial charge in [-0.2, -0.15) is 0 Å². The number of carbonyl (C=O) groups excluding carboxylic acids is 2. The third kappa shape index (κ3) is 6.34. The number of nitrogens with one attached hydrogen (secondary N) is 1. The van der Waals surface area contributed by atoms with Gasteiger partial charge in [0.1, 0.15) is 5.75 Å². The summed E-state index contributed by atoms with van der Waals surface area (Å²) in [6, 6.07) is 5.97. The lowest BCUT2D eigenvalue weighted by atomic mass is 10.0. The highest BCUT2D eigenvalue weighted by Crippen LogP contribution is 2.21. The van der Waals surface area contributed by atoms with Crippen molar-refractivity contribution in [2.75, 3.05) is 39.3 Å². The van der Waals surface area contributed by atoms with Gasteiger partial charge in [0.15, 0.2) is 6.10 Å². The first-order chi connectivity index (χ1) is 13.4. The summed E-state index contributed by atoms with van der Waals surface area (Å²) in [5.74, 6) is 1.60. The lowest BCUT2D eigenvalue weighted by molar-refractivity contribution is -0.143. The van der Waals surface area contributed by atoms with E-state index in [4.69, 9.17) is 4.74 Å². The summed E-state index contributed by atoms with van der Waals surface area (Å²) in [4.78, 5) is 28.9. The first kappa shape index (κ1) is 23.5. The molecule has 0 bridgehead atoms. The van der Waals surface area contributed by atoms with E-state index in [1.165, 1.54) is 12.0 Å². The predicted molar refractivity (Wildman–Crippen MR) is 117 cm³/mol. The van der Waals surface area contributed by atoms with Crippen LogP contribution in [-0.2, 0) is 9.59 Å². The number of hydrogen-bond acceptors (Lipinski definition) is 4. The van der Waals surface area contributed by atoms with Gasteiger partial charge in [0.25, 0.3) is 5.91 Å². The van der Waals surface area contributed by atoms with Gasteiger partial charge in [-0.1, -0.05) is 17.7 Å². The van der Waals surface area contributed by atoms with Crippen LogP contribution in [0.2, 0.25) is 0 Å². The fraction of sp³-hybridized carbons (Fsp3) is 0.636. The molecule has 0 spiro atoms. The second kappa shape index (κ2) is 10.8. The SMILES string of the molecule is Cc1ccc(OC(C)C(=O)N2CCN(C(=O)CCC3CCNC3)CC2)c(C)c1.Cl. The number of ether oxygens (including phenoxy) is 1. The minimum absolute atomic E-state index is 0. The number of amides is 2. The lowest BCUT2D eigenvalue weighted by Gasteiger charge is -2.36. The topological polar surface area (TPSA) is 61.9 Å². The summed E-state index contributed by atoms with van der Waals surface area (Å²) in [6.45, 7) is 10.3. The summed E-state index contributed by atoms with van der Waals surface area (Å²) in [6.07, 6.45) is 2.23. The molecule has 1 aromatic rings. The smallest absolute Gasteiger partial charge is 0.263 e. The Balaban J connectivity index is 0.00000300. The van der Waals surface area contributed by atoms with Crippen molar-refractivity contribution in [1.82, 2.24) is 15.1 Å². The number of rotatable bonds is 6. The van der Waals surface area contributed by atoms with Crippen LogP contribution in [0, 0.1) is 19.8 Å². The Morgan fingerprint density at radius 2 is 1.86 bits per heavy atom. The highest BCUT2D eigenvalue weighted by Gasteiger charge is 2.28. The third-order valence-electron chi connectivity index (χ3n) is 5.85. The van der Waals surface area contributed by atoms with Gasteiger partial charge in [0, 0.05) is 32.6 Å². The zero-order chi connectivity index (χ0) is 20.1. The second-order valence-electron chi connectivity index (χ2n) is 8.13. The summed E-state index contributed by atoms with van der Waals surface area (Å²) >= 11 is 0. The van der Waals surface area contributed by atoms with Gasteiger partial charge in [-0.05, 0) is 64.3 Å². The number of piperazine rings is 1. The van der Waals surface area contributed by atoms with Gasteiger partial charge < -0.3 is 19.9 Å². The maximum Gasteiger partial charge on any atom is 0.263 e. The van der Waals surface area contributed by atoms with Gasteiger partial charge in [-0.15, -0.1) is 12.4 Å². The van der Waals surface area contributed by atoms with Gasteiger partial charge in [0.2, 0.25) is 5.91 Å². The molecule has 1 N–H and O–H groups in total. The maximum atomic E-state index is 12.7. The summed E-state index contributed by atoms with van der Waals surface area (Å²) in [5.41, 5.74) is 2.21. The predicted octanol–water partition coefficient (Wildman–Crippen LogP) is 2.55. The minimum atomic E-state index is -0.529. The van der Waals surface area contributed by atoms with Crippen molar-refractivity contribution in [1.29, 1.82) is 0 Å². The van der Waals surface area contributed by atoms with Crippen molar-refractivity contribution < 1.29 is 14.3 Å². The molecule has 0 saturated carbocycles. The van der Waals surface area contributed by atoms with E-state index in [2.05, 4.69) is 11.4 Å². The number of hydrogen-bond donors (Lipinski definition) is 1. The Morgan fingerprint density at radius 1 is 1.17 bits per heavy atom. The van der Waals surface area contributed by atoms with Crippen LogP contribution in [-0.4, -0.2) is 67.0 Å². The monoisotopic (exact) mass is 423 g/mol. The van der Waals surface area contributed by atoms with E-state index in [-0.39, 0.29) is 24.2 Å². The van der Waals surface area contributed by atoms with Crippen LogP contribution in [0.3, 0.4) is 0 Å². The quantitative estimate of drug-likeness (QED) is 0.763. The van der Waals surface area contributed by atoms with Crippen molar-refractivity contribution in [2.24, 2.45) is 5.92 Å². The van der Waals surface area contributed by atoms with Crippen LogP contribution < -0.4 is 10.1 Å². The van der Waals surface area contributed by atoms with E-state index < -0.39 is 6.10 Å². The molecule has 2 saturated heterocycles. The molecule has 7 heteroatoms. The van der Waals surface area contributed by atoms with Crippen molar-refractivity contribution >= 4 is 24.2 Å². The molecule has 0 aromatic heterocycles. The van der Waals surface area contributed by atoms with Crippen molar-refractivity contribution in [3.05, 3.63) is 29.3 Å². The average Bonchev–Trinajstić information content (AvgIpc) is 3.21. The fourth-order valence-electron chi connectivity index (χ4n) is 4.05.